The van der Waals surface area contributed by atoms with E-state index in [-0.39, 0.29) is 0 Å². The van der Waals surface area contributed by atoms with Crippen LogP contribution in [0.2, 0.25) is 0 Å². The van der Waals surface area contributed by atoms with E-state index in [1.54, 1.807) is 18.2 Å². The topological polar surface area (TPSA) is 65.0 Å². The molecule has 0 aromatic heterocycles. The van der Waals surface area contributed by atoms with Gasteiger partial charge in [-0.2, -0.15) is 0 Å². The number of carboxylic acids is 1. The van der Waals surface area contributed by atoms with Gasteiger partial charge in [-0.15, -0.1) is 0 Å². The fourth-order valence-electron chi connectivity index (χ4n) is 2.43. The van der Waals surface area contributed by atoms with Crippen molar-refractivity contribution in [1.29, 1.82) is 0 Å². The molecule has 0 radical (unpaired) electrons. The molecule has 0 saturated carbocycles. The van der Waals surface area contributed by atoms with Gasteiger partial charge in [0.15, 0.2) is 18.1 Å². The molecule has 1 N–H and O–H groups in total. The van der Waals surface area contributed by atoms with Crippen LogP contribution in [0.4, 0.5) is 0 Å². The second-order valence-corrected chi connectivity index (χ2v) is 5.84. The van der Waals surface area contributed by atoms with Gasteiger partial charge in [0.05, 0.1) is 0 Å². The summed E-state index contributed by atoms with van der Waals surface area (Å²) < 4.78 is 17.0. The number of rotatable bonds is 9. The first-order valence-corrected chi connectivity index (χ1v) is 8.53. The first-order chi connectivity index (χ1) is 13.2. The second kappa shape index (κ2) is 9.29. The molecule has 0 fully saturated rings. The molecule has 138 valence electrons. The van der Waals surface area contributed by atoms with Gasteiger partial charge in [-0.3, -0.25) is 0 Å². The lowest BCUT2D eigenvalue weighted by molar-refractivity contribution is -0.139. The minimum atomic E-state index is -1.05. The van der Waals surface area contributed by atoms with E-state index in [1.165, 1.54) is 0 Å². The van der Waals surface area contributed by atoms with Crippen LogP contribution in [0.1, 0.15) is 11.1 Å². The minimum Gasteiger partial charge on any atom is -0.489 e. The lowest BCUT2D eigenvalue weighted by Gasteiger charge is -2.14. The van der Waals surface area contributed by atoms with Gasteiger partial charge in [0.2, 0.25) is 0 Å². The lowest BCUT2D eigenvalue weighted by Crippen LogP contribution is -2.10. The largest absolute Gasteiger partial charge is 0.489 e. The van der Waals surface area contributed by atoms with Crippen molar-refractivity contribution in [3.63, 3.8) is 0 Å². The molecule has 5 nitrogen and oxygen atoms in total. The summed E-state index contributed by atoms with van der Waals surface area (Å²) in [5.41, 5.74) is 2.05. The van der Waals surface area contributed by atoms with Crippen LogP contribution in [0.25, 0.3) is 0 Å². The van der Waals surface area contributed by atoms with E-state index >= 15 is 0 Å². The molecule has 3 rings (SSSR count). The van der Waals surface area contributed by atoms with Crippen LogP contribution >= 0.6 is 0 Å². The van der Waals surface area contributed by atoms with E-state index in [0.29, 0.717) is 30.5 Å². The zero-order chi connectivity index (χ0) is 18.9. The van der Waals surface area contributed by atoms with Crippen molar-refractivity contribution in [2.45, 2.75) is 13.2 Å². The molecule has 0 heterocycles. The lowest BCUT2D eigenvalue weighted by atomic mass is 10.2. The van der Waals surface area contributed by atoms with Gasteiger partial charge in [0.1, 0.15) is 19.0 Å². The number of hydrogen-bond acceptors (Lipinski definition) is 4. The fraction of sp³-hybridized carbons (Fsp3) is 0.136. The van der Waals surface area contributed by atoms with Gasteiger partial charge in [-0.25, -0.2) is 4.79 Å². The van der Waals surface area contributed by atoms with Gasteiger partial charge in [-0.05, 0) is 23.3 Å². The Morgan fingerprint density at radius 1 is 0.704 bits per heavy atom. The maximum atomic E-state index is 10.8. The third-order valence-corrected chi connectivity index (χ3v) is 3.75. The maximum Gasteiger partial charge on any atom is 0.341 e. The van der Waals surface area contributed by atoms with Gasteiger partial charge < -0.3 is 19.3 Å². The molecule has 0 aliphatic heterocycles. The number of carbonyl (C=O) groups is 1. The van der Waals surface area contributed by atoms with Crippen molar-refractivity contribution in [2.24, 2.45) is 0 Å². The number of hydrogen-bond donors (Lipinski definition) is 1. The molecular weight excluding hydrogens is 344 g/mol. The summed E-state index contributed by atoms with van der Waals surface area (Å²) >= 11 is 0. The standard InChI is InChI=1S/C22H20O5/c23-22(24)16-27-20-12-11-19(25-14-17-7-3-1-4-8-17)13-21(20)26-15-18-9-5-2-6-10-18/h1-13H,14-16H2,(H,23,24). The third kappa shape index (κ3) is 5.78. The SMILES string of the molecule is O=C(O)COc1ccc(OCc2ccccc2)cc1OCc1ccccc1. The summed E-state index contributed by atoms with van der Waals surface area (Å²) in [5.74, 6) is 0.365. The Bertz CT molecular complexity index is 862. The molecule has 0 aliphatic rings. The van der Waals surface area contributed by atoms with Crippen LogP contribution in [0.3, 0.4) is 0 Å². The molecule has 0 aliphatic carbocycles. The van der Waals surface area contributed by atoms with Crippen molar-refractivity contribution in [1.82, 2.24) is 0 Å². The first kappa shape index (κ1) is 18.3. The zero-order valence-electron chi connectivity index (χ0n) is 14.7. The van der Waals surface area contributed by atoms with Crippen LogP contribution in [0.15, 0.2) is 78.9 Å². The fourth-order valence-corrected chi connectivity index (χ4v) is 2.43. The zero-order valence-corrected chi connectivity index (χ0v) is 14.7. The molecule has 0 amide bonds. The maximum absolute atomic E-state index is 10.8. The Labute approximate surface area is 157 Å². The van der Waals surface area contributed by atoms with E-state index in [1.807, 2.05) is 60.7 Å². The predicted molar refractivity (Wildman–Crippen MR) is 101 cm³/mol. The minimum absolute atomic E-state index is 0.340. The highest BCUT2D eigenvalue weighted by Gasteiger charge is 2.10. The van der Waals surface area contributed by atoms with Gasteiger partial charge >= 0.3 is 5.97 Å². The first-order valence-electron chi connectivity index (χ1n) is 8.53. The van der Waals surface area contributed by atoms with Gasteiger partial charge in [-0.1, -0.05) is 60.7 Å². The molecular formula is C22H20O5. The van der Waals surface area contributed by atoms with E-state index in [9.17, 15) is 4.79 Å². The van der Waals surface area contributed by atoms with Crippen molar-refractivity contribution in [2.75, 3.05) is 6.61 Å². The Morgan fingerprint density at radius 3 is 1.89 bits per heavy atom. The average Bonchev–Trinajstić information content (AvgIpc) is 2.71. The molecule has 0 bridgehead atoms. The summed E-state index contributed by atoms with van der Waals surface area (Å²) in [5, 5.41) is 8.85. The normalized spacial score (nSPS) is 10.2. The van der Waals surface area contributed by atoms with Gasteiger partial charge in [0.25, 0.3) is 0 Å². The Hall–Kier alpha value is -3.47. The second-order valence-electron chi connectivity index (χ2n) is 5.84. The average molecular weight is 364 g/mol. The molecule has 27 heavy (non-hydrogen) atoms. The predicted octanol–water partition coefficient (Wildman–Crippen LogP) is 4.31. The van der Waals surface area contributed by atoms with Crippen LogP contribution in [-0.4, -0.2) is 17.7 Å². The Morgan fingerprint density at radius 2 is 1.30 bits per heavy atom. The van der Waals surface area contributed by atoms with Gasteiger partial charge in [0, 0.05) is 6.07 Å². The molecule has 0 atom stereocenters. The van der Waals surface area contributed by atoms with Crippen LogP contribution < -0.4 is 14.2 Å². The summed E-state index contributed by atoms with van der Waals surface area (Å²) in [6.45, 7) is 0.326. The van der Waals surface area contributed by atoms with Crippen molar-refractivity contribution in [3.8, 4) is 17.2 Å². The molecule has 5 heteroatoms. The number of benzene rings is 3. The van der Waals surface area contributed by atoms with Crippen molar-refractivity contribution >= 4 is 5.97 Å². The monoisotopic (exact) mass is 364 g/mol. The van der Waals surface area contributed by atoms with E-state index in [2.05, 4.69) is 0 Å². The Kier molecular flexibility index (Phi) is 6.30. The number of ether oxygens (including phenoxy) is 3. The molecule has 0 saturated heterocycles. The molecule has 0 spiro atoms. The quantitative estimate of drug-likeness (QED) is 0.613. The highest BCUT2D eigenvalue weighted by Crippen LogP contribution is 2.32. The number of aliphatic carboxylic acids is 1. The smallest absolute Gasteiger partial charge is 0.341 e. The van der Waals surface area contributed by atoms with E-state index < -0.39 is 12.6 Å². The highest BCUT2D eigenvalue weighted by atomic mass is 16.5. The van der Waals surface area contributed by atoms with Crippen LogP contribution in [-0.2, 0) is 18.0 Å². The summed E-state index contributed by atoms with van der Waals surface area (Å²) in [6.07, 6.45) is 0. The van der Waals surface area contributed by atoms with Crippen LogP contribution in [0.5, 0.6) is 17.2 Å². The molecule has 0 unspecified atom stereocenters. The highest BCUT2D eigenvalue weighted by molar-refractivity contribution is 5.68. The van der Waals surface area contributed by atoms with Crippen LogP contribution in [0, 0.1) is 0 Å². The number of carboxylic acid groups (broad SMARTS) is 1. The third-order valence-electron chi connectivity index (χ3n) is 3.75. The molecule has 3 aromatic carbocycles. The summed E-state index contributed by atoms with van der Waals surface area (Å²) in [7, 11) is 0. The summed E-state index contributed by atoms with van der Waals surface area (Å²) in [6, 6.07) is 24.6. The Balaban J connectivity index is 1.72. The summed E-state index contributed by atoms with van der Waals surface area (Å²) in [4.78, 5) is 10.8. The van der Waals surface area contributed by atoms with Crippen molar-refractivity contribution in [3.05, 3.63) is 90.0 Å². The molecule has 3 aromatic rings. The van der Waals surface area contributed by atoms with E-state index in [0.717, 1.165) is 11.1 Å². The van der Waals surface area contributed by atoms with E-state index in [4.69, 9.17) is 19.3 Å². The van der Waals surface area contributed by atoms with Crippen molar-refractivity contribution < 1.29 is 24.1 Å².